The van der Waals surface area contributed by atoms with E-state index in [0.29, 0.717) is 6.04 Å². The summed E-state index contributed by atoms with van der Waals surface area (Å²) in [5.41, 5.74) is 0. The smallest absolute Gasteiger partial charge is 0.226 e. The quantitative estimate of drug-likeness (QED) is 0.763. The fourth-order valence-corrected chi connectivity index (χ4v) is 1.71. The van der Waals surface area contributed by atoms with Gasteiger partial charge in [0.05, 0.1) is 6.54 Å². The number of aryl methyl sites for hydroxylation is 1. The lowest BCUT2D eigenvalue weighted by atomic mass is 10.1. The summed E-state index contributed by atoms with van der Waals surface area (Å²) in [6.45, 7) is 8.16. The van der Waals surface area contributed by atoms with Crippen LogP contribution in [0, 0.1) is 0 Å². The zero-order valence-corrected chi connectivity index (χ0v) is 9.36. The highest BCUT2D eigenvalue weighted by Crippen LogP contribution is 2.09. The first kappa shape index (κ1) is 10.6. The number of nitrogens with zero attached hydrogens (tertiary/aromatic N) is 3. The third-order valence-electron chi connectivity index (χ3n) is 2.84. The maximum atomic E-state index is 5.09. The van der Waals surface area contributed by atoms with E-state index in [1.165, 1.54) is 0 Å². The van der Waals surface area contributed by atoms with Crippen LogP contribution in [0.5, 0.6) is 0 Å². The lowest BCUT2D eigenvalue weighted by Crippen LogP contribution is -2.56. The molecule has 0 unspecified atom stereocenters. The Morgan fingerprint density at radius 3 is 2.73 bits per heavy atom. The molecule has 0 bridgehead atoms. The molecule has 0 aliphatic carbocycles. The predicted octanol–water partition coefficient (Wildman–Crippen LogP) is 0.426. The predicted molar refractivity (Wildman–Crippen MR) is 56.4 cm³/mol. The van der Waals surface area contributed by atoms with Gasteiger partial charge < -0.3 is 9.84 Å². The molecule has 1 aromatic heterocycles. The van der Waals surface area contributed by atoms with E-state index < -0.39 is 0 Å². The molecule has 2 heterocycles. The van der Waals surface area contributed by atoms with Gasteiger partial charge in [0.15, 0.2) is 5.82 Å². The molecule has 1 aromatic rings. The molecule has 1 N–H and O–H groups in total. The molecule has 1 aliphatic heterocycles. The van der Waals surface area contributed by atoms with Crippen molar-refractivity contribution < 1.29 is 4.52 Å². The Bertz CT molecular complexity index is 308. The van der Waals surface area contributed by atoms with Gasteiger partial charge in [-0.05, 0) is 6.54 Å². The van der Waals surface area contributed by atoms with Crippen LogP contribution in [0.15, 0.2) is 4.52 Å². The van der Waals surface area contributed by atoms with Crippen LogP contribution in [-0.2, 0) is 13.0 Å². The molecule has 2 rings (SSSR count). The average Bonchev–Trinajstić information content (AvgIpc) is 2.61. The van der Waals surface area contributed by atoms with Crippen LogP contribution >= 0.6 is 0 Å². The summed E-state index contributed by atoms with van der Waals surface area (Å²) < 4.78 is 5.09. The molecule has 0 aromatic carbocycles. The first-order chi connectivity index (χ1) is 7.33. The van der Waals surface area contributed by atoms with Crippen LogP contribution in [0.1, 0.15) is 25.6 Å². The van der Waals surface area contributed by atoms with E-state index in [-0.39, 0.29) is 0 Å². The van der Waals surface area contributed by atoms with Gasteiger partial charge in [-0.15, -0.1) is 0 Å². The molecule has 1 fully saturated rings. The normalized spacial score (nSPS) is 17.0. The van der Waals surface area contributed by atoms with E-state index in [9.17, 15) is 0 Å². The fraction of sp³-hybridized carbons (Fsp3) is 0.800. The first-order valence-corrected chi connectivity index (χ1v) is 5.59. The molecule has 5 heteroatoms. The summed E-state index contributed by atoms with van der Waals surface area (Å²) in [6.07, 6.45) is 0.810. The third kappa shape index (κ3) is 2.35. The van der Waals surface area contributed by atoms with E-state index >= 15 is 0 Å². The summed E-state index contributed by atoms with van der Waals surface area (Å²) in [4.78, 5) is 6.69. The van der Waals surface area contributed by atoms with Gasteiger partial charge in [-0.1, -0.05) is 19.0 Å². The van der Waals surface area contributed by atoms with Crippen molar-refractivity contribution in [3.05, 3.63) is 11.7 Å². The lowest BCUT2D eigenvalue weighted by molar-refractivity contribution is 0.140. The number of hydrogen-bond acceptors (Lipinski definition) is 5. The zero-order chi connectivity index (χ0) is 10.7. The lowest BCUT2D eigenvalue weighted by Gasteiger charge is -2.36. The van der Waals surface area contributed by atoms with Gasteiger partial charge in [-0.3, -0.25) is 4.90 Å². The van der Waals surface area contributed by atoms with E-state index in [1.807, 2.05) is 6.92 Å². The number of hydrogen-bond donors (Lipinski definition) is 1. The second-order valence-corrected chi connectivity index (χ2v) is 3.83. The van der Waals surface area contributed by atoms with Gasteiger partial charge in [0.2, 0.25) is 5.89 Å². The first-order valence-electron chi connectivity index (χ1n) is 5.59. The van der Waals surface area contributed by atoms with Crippen LogP contribution < -0.4 is 5.32 Å². The maximum absolute atomic E-state index is 5.09. The minimum atomic E-state index is 0.638. The summed E-state index contributed by atoms with van der Waals surface area (Å²) in [6, 6.07) is 0.638. The Kier molecular flexibility index (Phi) is 3.33. The van der Waals surface area contributed by atoms with Crippen molar-refractivity contribution in [3.63, 3.8) is 0 Å². The second kappa shape index (κ2) is 4.72. The van der Waals surface area contributed by atoms with E-state index in [0.717, 1.165) is 44.3 Å². The molecule has 1 saturated heterocycles. The number of likely N-dealkylation sites (N-methyl/N-ethyl adjacent to an activating group) is 1. The molecular formula is C10H18N4O. The Morgan fingerprint density at radius 2 is 2.27 bits per heavy atom. The van der Waals surface area contributed by atoms with Crippen LogP contribution in [0.2, 0.25) is 0 Å². The molecule has 0 atom stereocenters. The van der Waals surface area contributed by atoms with Gasteiger partial charge >= 0.3 is 0 Å². The maximum Gasteiger partial charge on any atom is 0.226 e. The second-order valence-electron chi connectivity index (χ2n) is 3.83. The highest BCUT2D eigenvalue weighted by Gasteiger charge is 2.24. The SMILES string of the molecule is CCc1nc(CN(CC)C2CNC2)no1. The third-order valence-corrected chi connectivity index (χ3v) is 2.84. The molecule has 1 aliphatic rings. The topological polar surface area (TPSA) is 54.2 Å². The van der Waals surface area contributed by atoms with Crippen molar-refractivity contribution in [2.75, 3.05) is 19.6 Å². The molecule has 0 amide bonds. The number of aromatic nitrogens is 2. The Balaban J connectivity index is 1.93. The molecule has 0 saturated carbocycles. The van der Waals surface area contributed by atoms with Gasteiger partial charge in [0.1, 0.15) is 0 Å². The molecule has 0 radical (unpaired) electrons. The molecule has 0 spiro atoms. The number of rotatable bonds is 5. The van der Waals surface area contributed by atoms with Crippen molar-refractivity contribution in [3.8, 4) is 0 Å². The molecule has 84 valence electrons. The minimum Gasteiger partial charge on any atom is -0.339 e. The molecular weight excluding hydrogens is 192 g/mol. The van der Waals surface area contributed by atoms with Gasteiger partial charge in [0, 0.05) is 25.6 Å². The summed E-state index contributed by atoms with van der Waals surface area (Å²) >= 11 is 0. The molecule has 15 heavy (non-hydrogen) atoms. The van der Waals surface area contributed by atoms with Crippen molar-refractivity contribution in [2.45, 2.75) is 32.9 Å². The van der Waals surface area contributed by atoms with E-state index in [4.69, 9.17) is 4.52 Å². The van der Waals surface area contributed by atoms with Gasteiger partial charge in [0.25, 0.3) is 0 Å². The average molecular weight is 210 g/mol. The van der Waals surface area contributed by atoms with Gasteiger partial charge in [-0.25, -0.2) is 0 Å². The molecule has 5 nitrogen and oxygen atoms in total. The van der Waals surface area contributed by atoms with Crippen LogP contribution in [-0.4, -0.2) is 40.7 Å². The van der Waals surface area contributed by atoms with Crippen molar-refractivity contribution in [2.24, 2.45) is 0 Å². The van der Waals surface area contributed by atoms with Crippen LogP contribution in [0.3, 0.4) is 0 Å². The largest absolute Gasteiger partial charge is 0.339 e. The Labute approximate surface area is 89.8 Å². The monoisotopic (exact) mass is 210 g/mol. The van der Waals surface area contributed by atoms with Crippen LogP contribution in [0.25, 0.3) is 0 Å². The fourth-order valence-electron chi connectivity index (χ4n) is 1.71. The summed E-state index contributed by atoms with van der Waals surface area (Å²) in [5.74, 6) is 1.54. The Morgan fingerprint density at radius 1 is 1.47 bits per heavy atom. The van der Waals surface area contributed by atoms with Gasteiger partial charge in [-0.2, -0.15) is 4.98 Å². The highest BCUT2D eigenvalue weighted by atomic mass is 16.5. The Hall–Kier alpha value is -0.940. The highest BCUT2D eigenvalue weighted by molar-refractivity contribution is 4.90. The standard InChI is InChI=1S/C10H18N4O/c1-3-10-12-9(13-15-10)7-14(4-2)8-5-11-6-8/h8,11H,3-7H2,1-2H3. The zero-order valence-electron chi connectivity index (χ0n) is 9.36. The number of nitrogens with one attached hydrogen (secondary N) is 1. The van der Waals surface area contributed by atoms with E-state index in [2.05, 4.69) is 27.3 Å². The van der Waals surface area contributed by atoms with Crippen molar-refractivity contribution in [1.29, 1.82) is 0 Å². The van der Waals surface area contributed by atoms with E-state index in [1.54, 1.807) is 0 Å². The summed E-state index contributed by atoms with van der Waals surface area (Å²) in [5, 5.41) is 7.24. The van der Waals surface area contributed by atoms with Crippen molar-refractivity contribution in [1.82, 2.24) is 20.4 Å². The summed E-state index contributed by atoms with van der Waals surface area (Å²) in [7, 11) is 0. The van der Waals surface area contributed by atoms with Crippen molar-refractivity contribution >= 4 is 0 Å². The minimum absolute atomic E-state index is 0.638. The van der Waals surface area contributed by atoms with Crippen LogP contribution in [0.4, 0.5) is 0 Å².